The number of hydrogen-bond acceptors (Lipinski definition) is 17. The molecule has 2 rings (SSSR count). The molecule has 18 nitrogen and oxygen atoms in total. The van der Waals surface area contributed by atoms with Gasteiger partial charge in [0.05, 0.1) is 30.6 Å². The Morgan fingerprint density at radius 1 is 0.508 bits per heavy atom. The van der Waals surface area contributed by atoms with E-state index in [1.165, 1.54) is 76.2 Å². The highest BCUT2D eigenvalue weighted by Crippen LogP contribution is 2.41. The van der Waals surface area contributed by atoms with E-state index in [9.17, 15) is 43.2 Å². The van der Waals surface area contributed by atoms with Crippen LogP contribution in [0.2, 0.25) is 0 Å². The van der Waals surface area contributed by atoms with E-state index in [1.807, 2.05) is 0 Å². The molecular formula is C43H61Br4NO17. The van der Waals surface area contributed by atoms with Gasteiger partial charge in [-0.25, -0.2) is 0 Å². The minimum Gasteiger partial charge on any atom is -0.464 e. The van der Waals surface area contributed by atoms with E-state index in [0.717, 1.165) is 4.90 Å². The maximum absolute atomic E-state index is 14.1. The Hall–Kier alpha value is -2.95. The van der Waals surface area contributed by atoms with Crippen molar-refractivity contribution in [1.29, 1.82) is 0 Å². The molecule has 0 saturated carbocycles. The molecule has 0 aromatic carbocycles. The van der Waals surface area contributed by atoms with Gasteiger partial charge in [0.2, 0.25) is 11.8 Å². The number of esters is 7. The summed E-state index contributed by atoms with van der Waals surface area (Å²) >= 11 is 12.8. The van der Waals surface area contributed by atoms with E-state index in [1.54, 1.807) is 26.0 Å². The number of halogens is 4. The normalized spacial score (nSPS) is 19.7. The minimum absolute atomic E-state index is 0.341. The third-order valence-electron chi connectivity index (χ3n) is 10.2. The summed E-state index contributed by atoms with van der Waals surface area (Å²) in [6.45, 7) is 14.2. The SMILES string of the molecule is C/C=C\C1OC(C)[C@H]2C(=O)N(CCOC(=O)C(C)(COC(=O)C(C)(COC(=O)C(C)(C)Br)COC(=O)C(C)(C)Br)COC(=O)C(C)(COC(=O)C(C)(C)Br)COC(=O)C(C)(C)Br)C(=O)[C@@H]12. The predicted octanol–water partition coefficient (Wildman–Crippen LogP) is 5.47. The summed E-state index contributed by atoms with van der Waals surface area (Å²) < 4.78 is 39.7. The standard InChI is InChI=1S/C43H61Br4NO17/c1-14-15-25-27-26(24(2)65-25)28(49)48(29(27)50)16-17-58-34(55)41(11,22-63-35(56)42(12,18-59-30(51)37(3,4)44)19-60-31(52)38(5,6)45)23-64-36(57)43(13,20-61-32(53)39(7,8)46)21-62-33(54)40(9,10)47/h14-15,24-27H,16-23H2,1-13H3/b15-14-/t24?,25?,26-,27+/m1/s1. The van der Waals surface area contributed by atoms with E-state index < -0.39 is 157 Å². The van der Waals surface area contributed by atoms with Crippen LogP contribution in [0.5, 0.6) is 0 Å². The van der Waals surface area contributed by atoms with Gasteiger partial charge in [0.25, 0.3) is 0 Å². The number of rotatable bonds is 23. The quantitative estimate of drug-likeness (QED) is 0.0406. The van der Waals surface area contributed by atoms with Crippen LogP contribution in [0.3, 0.4) is 0 Å². The molecule has 0 bridgehead atoms. The van der Waals surface area contributed by atoms with E-state index >= 15 is 0 Å². The summed E-state index contributed by atoms with van der Waals surface area (Å²) in [7, 11) is 0. The highest BCUT2D eigenvalue weighted by molar-refractivity contribution is 9.10. The Bertz CT molecular complexity index is 1710. The van der Waals surface area contributed by atoms with Crippen molar-refractivity contribution in [2.24, 2.45) is 28.1 Å². The van der Waals surface area contributed by atoms with Gasteiger partial charge in [0.15, 0.2) is 0 Å². The molecule has 0 aromatic rings. The molecule has 2 heterocycles. The van der Waals surface area contributed by atoms with Gasteiger partial charge >= 0.3 is 41.8 Å². The summed E-state index contributed by atoms with van der Waals surface area (Å²) in [6, 6.07) is 0. The number of likely N-dealkylation sites (tertiary alicyclic amines) is 1. The lowest BCUT2D eigenvalue weighted by molar-refractivity contribution is -0.183. The smallest absolute Gasteiger partial charge is 0.322 e. The first-order valence-electron chi connectivity index (χ1n) is 20.5. The zero-order valence-electron chi connectivity index (χ0n) is 39.0. The number of amides is 2. The van der Waals surface area contributed by atoms with Crippen LogP contribution in [0.4, 0.5) is 0 Å². The van der Waals surface area contributed by atoms with Gasteiger partial charge in [-0.3, -0.25) is 48.1 Å². The third kappa shape index (κ3) is 15.8. The topological polar surface area (TPSA) is 231 Å². The molecule has 2 fully saturated rings. The van der Waals surface area contributed by atoms with Crippen molar-refractivity contribution < 1.29 is 81.0 Å². The summed E-state index contributed by atoms with van der Waals surface area (Å²) in [5.41, 5.74) is -5.77. The number of alkyl halides is 4. The molecular weight excluding hydrogens is 1120 g/mol. The monoisotopic (exact) mass is 1180 g/mol. The fraction of sp³-hybridized carbons (Fsp3) is 0.744. The van der Waals surface area contributed by atoms with Crippen LogP contribution in [-0.2, 0) is 81.0 Å². The van der Waals surface area contributed by atoms with Crippen molar-refractivity contribution in [2.75, 3.05) is 52.8 Å². The number of carbonyl (C=O) groups is 9. The number of imide groups is 1. The van der Waals surface area contributed by atoms with Gasteiger partial charge in [-0.15, -0.1) is 0 Å². The van der Waals surface area contributed by atoms with Crippen molar-refractivity contribution in [2.45, 2.75) is 120 Å². The van der Waals surface area contributed by atoms with E-state index in [-0.39, 0.29) is 6.54 Å². The van der Waals surface area contributed by atoms with Gasteiger partial charge in [0.1, 0.15) is 79.8 Å². The number of allylic oxidation sites excluding steroid dienone is 1. The molecule has 2 aliphatic heterocycles. The molecule has 22 heteroatoms. The maximum atomic E-state index is 14.1. The average molecular weight is 1180 g/mol. The fourth-order valence-corrected chi connectivity index (χ4v) is 6.33. The molecule has 2 unspecified atom stereocenters. The third-order valence-corrected chi connectivity index (χ3v) is 11.5. The molecule has 2 aliphatic rings. The van der Waals surface area contributed by atoms with Gasteiger partial charge in [0, 0.05) is 0 Å². The van der Waals surface area contributed by atoms with Gasteiger partial charge in [-0.1, -0.05) is 75.9 Å². The lowest BCUT2D eigenvalue weighted by Crippen LogP contribution is -2.48. The second kappa shape index (κ2) is 22.4. The lowest BCUT2D eigenvalue weighted by Gasteiger charge is -2.33. The Morgan fingerprint density at radius 2 is 0.785 bits per heavy atom. The molecule has 368 valence electrons. The summed E-state index contributed by atoms with van der Waals surface area (Å²) in [6.07, 6.45) is 2.23. The van der Waals surface area contributed by atoms with E-state index in [2.05, 4.69) is 63.7 Å². The highest BCUT2D eigenvalue weighted by Gasteiger charge is 2.58. The van der Waals surface area contributed by atoms with Gasteiger partial charge < -0.3 is 37.9 Å². The predicted molar refractivity (Wildman–Crippen MR) is 246 cm³/mol. The molecule has 0 aliphatic carbocycles. The largest absolute Gasteiger partial charge is 0.464 e. The summed E-state index contributed by atoms with van der Waals surface area (Å²) in [5, 5.41) is 0. The second-order valence-electron chi connectivity index (χ2n) is 18.9. The van der Waals surface area contributed by atoms with Crippen LogP contribution in [0.1, 0.15) is 90.0 Å². The maximum Gasteiger partial charge on any atom is 0.322 e. The highest BCUT2D eigenvalue weighted by atomic mass is 79.9. The zero-order valence-corrected chi connectivity index (χ0v) is 45.4. The van der Waals surface area contributed by atoms with Gasteiger partial charge in [-0.05, 0) is 90.0 Å². The van der Waals surface area contributed by atoms with Crippen molar-refractivity contribution in [1.82, 2.24) is 4.90 Å². The minimum atomic E-state index is -2.05. The first kappa shape index (κ1) is 58.2. The van der Waals surface area contributed by atoms with Gasteiger partial charge in [-0.2, -0.15) is 0 Å². The zero-order chi connectivity index (χ0) is 50.3. The van der Waals surface area contributed by atoms with Crippen molar-refractivity contribution >= 4 is 117 Å². The van der Waals surface area contributed by atoms with Crippen molar-refractivity contribution in [3.63, 3.8) is 0 Å². The van der Waals surface area contributed by atoms with Crippen LogP contribution in [0.25, 0.3) is 0 Å². The van der Waals surface area contributed by atoms with Crippen LogP contribution in [-0.4, -0.2) is 141 Å². The number of fused-ring (bicyclic) bond motifs is 1. The van der Waals surface area contributed by atoms with E-state index in [0.29, 0.717) is 0 Å². The number of hydrogen-bond donors (Lipinski definition) is 0. The molecule has 0 N–H and O–H groups in total. The van der Waals surface area contributed by atoms with E-state index in [4.69, 9.17) is 37.9 Å². The Morgan fingerprint density at radius 3 is 1.08 bits per heavy atom. The Balaban J connectivity index is 2.48. The first-order valence-corrected chi connectivity index (χ1v) is 23.7. The molecule has 0 spiro atoms. The number of nitrogens with zero attached hydrogens (tertiary/aromatic N) is 1. The number of carbonyl (C=O) groups excluding carboxylic acids is 9. The average Bonchev–Trinajstić information content (AvgIpc) is 3.65. The summed E-state index contributed by atoms with van der Waals surface area (Å²) in [4.78, 5) is 121. The molecule has 0 aromatic heterocycles. The van der Waals surface area contributed by atoms with Crippen LogP contribution in [0, 0.1) is 28.1 Å². The van der Waals surface area contributed by atoms with Crippen LogP contribution < -0.4 is 0 Å². The summed E-state index contributed by atoms with van der Waals surface area (Å²) in [5.74, 6) is -8.88. The Kier molecular flexibility index (Phi) is 20.1. The molecule has 0 radical (unpaired) electrons. The molecule has 2 amide bonds. The fourth-order valence-electron chi connectivity index (χ4n) is 5.87. The second-order valence-corrected chi connectivity index (χ2v) is 26.8. The van der Waals surface area contributed by atoms with Crippen LogP contribution >= 0.6 is 63.7 Å². The van der Waals surface area contributed by atoms with Crippen molar-refractivity contribution in [3.8, 4) is 0 Å². The first-order chi connectivity index (χ1) is 29.4. The van der Waals surface area contributed by atoms with Crippen molar-refractivity contribution in [3.05, 3.63) is 12.2 Å². The molecule has 4 atom stereocenters. The molecule has 2 saturated heterocycles. The molecule has 65 heavy (non-hydrogen) atoms. The Labute approximate surface area is 413 Å². The van der Waals surface area contributed by atoms with Crippen LogP contribution in [0.15, 0.2) is 12.2 Å². The number of ether oxygens (including phenoxy) is 8. The lowest BCUT2D eigenvalue weighted by atomic mass is 9.90.